The Morgan fingerprint density at radius 3 is 1.81 bits per heavy atom. The van der Waals surface area contributed by atoms with Crippen LogP contribution in [0.3, 0.4) is 0 Å². The van der Waals surface area contributed by atoms with E-state index >= 15 is 0 Å². The molecule has 4 fully saturated rings. The fourth-order valence-electron chi connectivity index (χ4n) is 9.31. The molecule has 6 N–H and O–H groups in total. The molecular formula is C48H73N5O10. The van der Waals surface area contributed by atoms with Crippen molar-refractivity contribution in [2.75, 3.05) is 98.7 Å². The molecule has 4 bridgehead atoms. The van der Waals surface area contributed by atoms with Gasteiger partial charge in [0.2, 0.25) is 0 Å². The van der Waals surface area contributed by atoms with Gasteiger partial charge in [0.15, 0.2) is 0 Å². The van der Waals surface area contributed by atoms with Crippen molar-refractivity contribution in [3.05, 3.63) is 59.3 Å². The number of benzene rings is 2. The lowest BCUT2D eigenvalue weighted by Gasteiger charge is -2.59. The number of rotatable bonds is 27. The van der Waals surface area contributed by atoms with Crippen molar-refractivity contribution in [1.29, 1.82) is 0 Å². The molecular weight excluding hydrogens is 807 g/mol. The van der Waals surface area contributed by atoms with Crippen molar-refractivity contribution < 1.29 is 47.5 Å². The summed E-state index contributed by atoms with van der Waals surface area (Å²) in [6.45, 7) is 15.8. The molecule has 1 amide bonds. The summed E-state index contributed by atoms with van der Waals surface area (Å²) in [4.78, 5) is 33.8. The molecule has 0 aliphatic heterocycles. The Labute approximate surface area is 374 Å². The van der Waals surface area contributed by atoms with Gasteiger partial charge in [-0.25, -0.2) is 9.79 Å². The second kappa shape index (κ2) is 24.2. The molecule has 4 aliphatic carbocycles. The van der Waals surface area contributed by atoms with Gasteiger partial charge in [0.25, 0.3) is 5.91 Å². The van der Waals surface area contributed by atoms with Gasteiger partial charge in [0.1, 0.15) is 22.6 Å². The third-order valence-electron chi connectivity index (χ3n) is 11.9. The van der Waals surface area contributed by atoms with Crippen LogP contribution < -0.4 is 31.6 Å². The van der Waals surface area contributed by atoms with Crippen molar-refractivity contribution in [2.24, 2.45) is 40.1 Å². The molecule has 2 aromatic rings. The molecule has 0 unspecified atom stereocenters. The van der Waals surface area contributed by atoms with Crippen molar-refractivity contribution in [1.82, 2.24) is 5.32 Å². The summed E-state index contributed by atoms with van der Waals surface area (Å²) in [6, 6.07) is 11.4. The quantitative estimate of drug-likeness (QED) is 0.0359. The average Bonchev–Trinajstić information content (AvgIpc) is 3.24. The lowest BCUT2D eigenvalue weighted by molar-refractivity contribution is -0.183. The number of hydrogen-bond acceptors (Lipinski definition) is 14. The monoisotopic (exact) mass is 880 g/mol. The molecule has 0 radical (unpaired) electrons. The molecule has 15 nitrogen and oxygen atoms in total. The lowest BCUT2D eigenvalue weighted by atomic mass is 9.48. The summed E-state index contributed by atoms with van der Waals surface area (Å²) < 4.78 is 45.3. The maximum Gasteiger partial charge on any atom is 0.332 e. The van der Waals surface area contributed by atoms with Crippen LogP contribution in [0.2, 0.25) is 0 Å². The van der Waals surface area contributed by atoms with Crippen LogP contribution in [-0.4, -0.2) is 122 Å². The lowest BCUT2D eigenvalue weighted by Crippen LogP contribution is -2.71. The number of nitrogens with zero attached hydrogens (tertiary/aromatic N) is 1. The van der Waals surface area contributed by atoms with E-state index in [4.69, 9.17) is 54.4 Å². The van der Waals surface area contributed by atoms with Gasteiger partial charge >= 0.3 is 5.97 Å². The third kappa shape index (κ3) is 13.9. The van der Waals surface area contributed by atoms with E-state index in [0.717, 1.165) is 36.9 Å². The predicted molar refractivity (Wildman–Crippen MR) is 244 cm³/mol. The Kier molecular flexibility index (Phi) is 19.1. The first-order chi connectivity index (χ1) is 30.3. The standard InChI is InChI=1S/C48H73N5O10/c1-32(2)38-30-37(51-14-16-59-18-20-61-22-24-62-23-21-60-19-17-58-15-13-49)11-12-40(38)52-41(44-42(56-6)9-8-10-43(44)57-7)31-39(50)45(54)53-48(46(55)63-47(3,4)5)35-26-33-25-34(28-35)29-36(48)27-33/h8-12,30-36,51H,13-29,49-50H2,1-7H3,(H,53,54). The smallest absolute Gasteiger partial charge is 0.332 e. The largest absolute Gasteiger partial charge is 0.496 e. The summed E-state index contributed by atoms with van der Waals surface area (Å²) in [5, 5.41) is 6.66. The molecule has 4 aliphatic rings. The van der Waals surface area contributed by atoms with Gasteiger partial charge in [-0.3, -0.25) is 4.79 Å². The van der Waals surface area contributed by atoms with Gasteiger partial charge in [0.05, 0.1) is 103 Å². The highest BCUT2D eigenvalue weighted by Gasteiger charge is 2.63. The Morgan fingerprint density at radius 1 is 0.794 bits per heavy atom. The summed E-state index contributed by atoms with van der Waals surface area (Å²) in [5.41, 5.74) is 13.6. The van der Waals surface area contributed by atoms with Crippen molar-refractivity contribution in [3.63, 3.8) is 0 Å². The first-order valence-corrected chi connectivity index (χ1v) is 22.6. The minimum Gasteiger partial charge on any atom is -0.496 e. The number of methoxy groups -OCH3 is 2. The van der Waals surface area contributed by atoms with Gasteiger partial charge in [-0.15, -0.1) is 0 Å². The van der Waals surface area contributed by atoms with Crippen molar-refractivity contribution in [2.45, 2.75) is 83.8 Å². The molecule has 15 heteroatoms. The van der Waals surface area contributed by atoms with Gasteiger partial charge in [-0.1, -0.05) is 19.9 Å². The van der Waals surface area contributed by atoms with E-state index in [-0.39, 0.29) is 29.4 Å². The summed E-state index contributed by atoms with van der Waals surface area (Å²) in [6.07, 6.45) is 6.28. The van der Waals surface area contributed by atoms with Crippen LogP contribution in [0.1, 0.15) is 83.8 Å². The van der Waals surface area contributed by atoms with E-state index in [1.54, 1.807) is 20.3 Å². The minimum absolute atomic E-state index is 0.0183. The number of amides is 1. The predicted octanol–water partition coefficient (Wildman–Crippen LogP) is 5.90. The Morgan fingerprint density at radius 2 is 1.32 bits per heavy atom. The Hall–Kier alpha value is -4.25. The summed E-state index contributed by atoms with van der Waals surface area (Å²) in [7, 11) is 3.14. The first-order valence-electron chi connectivity index (χ1n) is 22.6. The number of hydrogen-bond donors (Lipinski definition) is 4. The van der Waals surface area contributed by atoms with Crippen LogP contribution in [0.15, 0.2) is 53.2 Å². The van der Waals surface area contributed by atoms with Crippen molar-refractivity contribution >= 4 is 29.0 Å². The van der Waals surface area contributed by atoms with Gasteiger partial charge in [-0.2, -0.15) is 0 Å². The van der Waals surface area contributed by atoms with Crippen LogP contribution in [0.5, 0.6) is 11.5 Å². The normalized spacial score (nSPS) is 22.0. The fraction of sp³-hybridized carbons (Fsp3) is 0.646. The topological polar surface area (TPSA) is 196 Å². The number of esters is 1. The average molecular weight is 880 g/mol. The van der Waals surface area contributed by atoms with E-state index in [9.17, 15) is 9.59 Å². The second-order valence-corrected chi connectivity index (χ2v) is 18.0. The molecule has 0 spiro atoms. The van der Waals surface area contributed by atoms with Crippen LogP contribution in [0.25, 0.3) is 0 Å². The van der Waals surface area contributed by atoms with E-state index in [1.807, 2.05) is 51.1 Å². The van der Waals surface area contributed by atoms with Gasteiger partial charge in [0, 0.05) is 18.8 Å². The number of allylic oxidation sites excluding steroid dienone is 1. The maximum atomic E-state index is 14.4. The third-order valence-corrected chi connectivity index (χ3v) is 11.9. The zero-order valence-corrected chi connectivity index (χ0v) is 38.6. The summed E-state index contributed by atoms with van der Waals surface area (Å²) in [5.74, 6) is 1.25. The molecule has 0 atom stereocenters. The number of aliphatic imine (C=N–C) groups is 1. The number of anilines is 1. The second-order valence-electron chi connectivity index (χ2n) is 18.0. The van der Waals surface area contributed by atoms with Gasteiger partial charge in [-0.05, 0) is 124 Å². The van der Waals surface area contributed by atoms with Crippen LogP contribution in [0, 0.1) is 23.7 Å². The van der Waals surface area contributed by atoms with E-state index in [0.29, 0.717) is 119 Å². The molecule has 4 saturated carbocycles. The number of carbonyl (C=O) groups excluding carboxylic acids is 2. The molecule has 6 rings (SSSR count). The summed E-state index contributed by atoms with van der Waals surface area (Å²) >= 11 is 0. The van der Waals surface area contributed by atoms with Gasteiger partial charge < -0.3 is 60.0 Å². The first kappa shape index (κ1) is 49.8. The van der Waals surface area contributed by atoms with Crippen LogP contribution in [-0.2, 0) is 38.0 Å². The Balaban J connectivity index is 1.25. The van der Waals surface area contributed by atoms with E-state index < -0.39 is 17.0 Å². The highest BCUT2D eigenvalue weighted by molar-refractivity contribution is 6.16. The molecule has 0 aromatic heterocycles. The number of carbonyl (C=O) groups is 2. The van der Waals surface area contributed by atoms with Crippen molar-refractivity contribution in [3.8, 4) is 11.5 Å². The zero-order valence-electron chi connectivity index (χ0n) is 38.6. The molecule has 2 aromatic carbocycles. The number of nitrogens with one attached hydrogen (secondary N) is 2. The molecule has 0 saturated heterocycles. The highest BCUT2D eigenvalue weighted by Crippen LogP contribution is 2.59. The molecule has 0 heterocycles. The Bertz CT molecular complexity index is 1790. The highest BCUT2D eigenvalue weighted by atomic mass is 16.6. The zero-order chi connectivity index (χ0) is 45.4. The minimum atomic E-state index is -1.16. The maximum absolute atomic E-state index is 14.4. The van der Waals surface area contributed by atoms with Crippen LogP contribution in [0.4, 0.5) is 11.4 Å². The SMILES string of the molecule is COc1cccc(OC)c1C(C=C(N)C(=O)NC1(C(=O)OC(C)(C)C)C2CC3CC(C2)CC1C3)=Nc1ccc(NCCOCCOCCOCCOCCOCCN)cc1C(C)C. The molecule has 350 valence electrons. The number of ether oxygens (including phenoxy) is 8. The van der Waals surface area contributed by atoms with E-state index in [1.165, 1.54) is 6.42 Å². The van der Waals surface area contributed by atoms with E-state index in [2.05, 4.69) is 30.5 Å². The fourth-order valence-corrected chi connectivity index (χ4v) is 9.31. The van der Waals surface area contributed by atoms with Crippen LogP contribution >= 0.6 is 0 Å². The molecule has 63 heavy (non-hydrogen) atoms. The number of nitrogens with two attached hydrogens (primary N) is 2.